The van der Waals surface area contributed by atoms with Gasteiger partial charge in [0.1, 0.15) is 5.82 Å². The molecule has 1 saturated heterocycles. The average Bonchev–Trinajstić information content (AvgIpc) is 2.85. The van der Waals surface area contributed by atoms with Crippen molar-refractivity contribution < 1.29 is 27.1 Å². The van der Waals surface area contributed by atoms with Gasteiger partial charge in [-0.1, -0.05) is 18.2 Å². The van der Waals surface area contributed by atoms with E-state index >= 15 is 0 Å². The van der Waals surface area contributed by atoms with Crippen LogP contribution in [0.25, 0.3) is 6.08 Å². The third kappa shape index (κ3) is 5.16. The molecule has 1 aliphatic rings. The van der Waals surface area contributed by atoms with Gasteiger partial charge in [0.25, 0.3) is 5.91 Å². The van der Waals surface area contributed by atoms with Gasteiger partial charge in [0, 0.05) is 17.7 Å². The van der Waals surface area contributed by atoms with Crippen LogP contribution in [0.3, 0.4) is 0 Å². The van der Waals surface area contributed by atoms with E-state index in [2.05, 4.69) is 5.32 Å². The van der Waals surface area contributed by atoms with E-state index < -0.39 is 39.7 Å². The molecule has 1 aliphatic heterocycles. The lowest BCUT2D eigenvalue weighted by Gasteiger charge is -2.15. The van der Waals surface area contributed by atoms with Crippen molar-refractivity contribution in [2.45, 2.75) is 25.5 Å². The monoisotopic (exact) mass is 355 g/mol. The molecule has 0 radical (unpaired) electrons. The standard InChI is InChI=1S/C16H18FNO5S/c1-11(16(20)18-13-8-9-24(21,22)10-13)23-15(19)7-6-12-4-2-3-5-14(12)17/h2-7,11,13H,8-10H2,1H3,(H,18,20)/b7-6+/t11-,13+/m0/s1. The maximum Gasteiger partial charge on any atom is 0.331 e. The Kier molecular flexibility index (Phi) is 5.71. The smallest absolute Gasteiger partial charge is 0.331 e. The zero-order valence-corrected chi connectivity index (χ0v) is 13.9. The van der Waals surface area contributed by atoms with Gasteiger partial charge < -0.3 is 10.1 Å². The number of benzene rings is 1. The third-order valence-corrected chi connectivity index (χ3v) is 5.31. The van der Waals surface area contributed by atoms with Crippen molar-refractivity contribution in [3.8, 4) is 0 Å². The number of hydrogen-bond acceptors (Lipinski definition) is 5. The Hall–Kier alpha value is -2.22. The van der Waals surface area contributed by atoms with Crippen LogP contribution >= 0.6 is 0 Å². The van der Waals surface area contributed by atoms with Crippen molar-refractivity contribution >= 4 is 27.8 Å². The summed E-state index contributed by atoms with van der Waals surface area (Å²) < 4.78 is 41.0. The number of carbonyl (C=O) groups is 2. The number of amides is 1. The normalized spacial score (nSPS) is 20.7. The molecular weight excluding hydrogens is 337 g/mol. The lowest BCUT2D eigenvalue weighted by molar-refractivity contribution is -0.150. The van der Waals surface area contributed by atoms with E-state index in [4.69, 9.17) is 4.74 Å². The van der Waals surface area contributed by atoms with Crippen LogP contribution in [0.4, 0.5) is 4.39 Å². The lowest BCUT2D eigenvalue weighted by Crippen LogP contribution is -2.42. The molecule has 0 aromatic heterocycles. The topological polar surface area (TPSA) is 89.5 Å². The summed E-state index contributed by atoms with van der Waals surface area (Å²) in [5, 5.41) is 2.54. The molecule has 0 saturated carbocycles. The molecule has 6 nitrogen and oxygen atoms in total. The zero-order chi connectivity index (χ0) is 17.7. The third-order valence-electron chi connectivity index (χ3n) is 3.55. The predicted octanol–water partition coefficient (Wildman–Crippen LogP) is 1.07. The fourth-order valence-electron chi connectivity index (χ4n) is 2.26. The van der Waals surface area contributed by atoms with Crippen LogP contribution < -0.4 is 5.32 Å². The molecule has 130 valence electrons. The highest BCUT2D eigenvalue weighted by Crippen LogP contribution is 2.12. The number of sulfone groups is 1. The number of rotatable bonds is 5. The summed E-state index contributed by atoms with van der Waals surface area (Å²) in [7, 11) is -3.10. The highest BCUT2D eigenvalue weighted by atomic mass is 32.2. The van der Waals surface area contributed by atoms with Crippen molar-refractivity contribution in [2.24, 2.45) is 0 Å². The molecule has 1 fully saturated rings. The minimum absolute atomic E-state index is 0.0392. The fraction of sp³-hybridized carbons (Fsp3) is 0.375. The molecule has 1 N–H and O–H groups in total. The summed E-state index contributed by atoms with van der Waals surface area (Å²) in [6.07, 6.45) is 1.56. The molecule has 1 aromatic carbocycles. The van der Waals surface area contributed by atoms with E-state index in [0.29, 0.717) is 6.42 Å². The number of nitrogens with one attached hydrogen (secondary N) is 1. The second kappa shape index (κ2) is 7.57. The van der Waals surface area contributed by atoms with Gasteiger partial charge >= 0.3 is 5.97 Å². The first kappa shape index (κ1) is 18.1. The van der Waals surface area contributed by atoms with Crippen LogP contribution in [0.5, 0.6) is 0 Å². The van der Waals surface area contributed by atoms with Crippen molar-refractivity contribution in [2.75, 3.05) is 11.5 Å². The molecule has 24 heavy (non-hydrogen) atoms. The van der Waals surface area contributed by atoms with Gasteiger partial charge in [-0.2, -0.15) is 0 Å². The van der Waals surface area contributed by atoms with E-state index in [-0.39, 0.29) is 17.1 Å². The quantitative estimate of drug-likeness (QED) is 0.630. The Bertz CT molecular complexity index is 759. The number of hydrogen-bond donors (Lipinski definition) is 1. The first-order valence-corrected chi connectivity index (χ1v) is 9.23. The van der Waals surface area contributed by atoms with Crippen LogP contribution in [-0.4, -0.2) is 43.9 Å². The van der Waals surface area contributed by atoms with E-state index in [1.165, 1.54) is 31.2 Å². The molecule has 0 spiro atoms. The molecule has 1 heterocycles. The number of esters is 1. The first-order valence-electron chi connectivity index (χ1n) is 7.41. The summed E-state index contributed by atoms with van der Waals surface area (Å²) in [6.45, 7) is 1.38. The maximum atomic E-state index is 13.4. The number of carbonyl (C=O) groups excluding carboxylic acids is 2. The minimum atomic E-state index is -3.10. The van der Waals surface area contributed by atoms with Gasteiger partial charge in [-0.05, 0) is 25.5 Å². The van der Waals surface area contributed by atoms with Crippen molar-refractivity contribution in [3.63, 3.8) is 0 Å². The second-order valence-corrected chi connectivity index (χ2v) is 7.77. The van der Waals surface area contributed by atoms with Gasteiger partial charge in [0.15, 0.2) is 15.9 Å². The van der Waals surface area contributed by atoms with E-state index in [1.54, 1.807) is 6.07 Å². The molecule has 8 heteroatoms. The van der Waals surface area contributed by atoms with Crippen molar-refractivity contribution in [1.29, 1.82) is 0 Å². The summed E-state index contributed by atoms with van der Waals surface area (Å²) in [5.41, 5.74) is 0.225. The highest BCUT2D eigenvalue weighted by Gasteiger charge is 2.30. The van der Waals surface area contributed by atoms with Crippen LogP contribution in [-0.2, 0) is 24.2 Å². The minimum Gasteiger partial charge on any atom is -0.449 e. The molecule has 0 bridgehead atoms. The molecule has 1 amide bonds. The zero-order valence-electron chi connectivity index (χ0n) is 13.1. The molecule has 2 rings (SSSR count). The molecular formula is C16H18FNO5S. The summed E-state index contributed by atoms with van der Waals surface area (Å²) in [4.78, 5) is 23.6. The van der Waals surface area contributed by atoms with Crippen LogP contribution in [0.2, 0.25) is 0 Å². The lowest BCUT2D eigenvalue weighted by atomic mass is 10.2. The Morgan fingerprint density at radius 2 is 2.08 bits per heavy atom. The predicted molar refractivity (Wildman–Crippen MR) is 86.2 cm³/mol. The van der Waals surface area contributed by atoms with Gasteiger partial charge in [0.2, 0.25) is 0 Å². The number of halogens is 1. The largest absolute Gasteiger partial charge is 0.449 e. The summed E-state index contributed by atoms with van der Waals surface area (Å²) in [6, 6.07) is 5.45. The molecule has 2 atom stereocenters. The maximum absolute atomic E-state index is 13.4. The van der Waals surface area contributed by atoms with Gasteiger partial charge in [-0.25, -0.2) is 17.6 Å². The average molecular weight is 355 g/mol. The van der Waals surface area contributed by atoms with Gasteiger partial charge in [0.05, 0.1) is 11.5 Å². The Balaban J connectivity index is 1.85. The van der Waals surface area contributed by atoms with Crippen LogP contribution in [0.1, 0.15) is 18.9 Å². The van der Waals surface area contributed by atoms with Crippen molar-refractivity contribution in [1.82, 2.24) is 5.32 Å². The summed E-state index contributed by atoms with van der Waals surface area (Å²) in [5.74, 6) is -1.90. The van der Waals surface area contributed by atoms with E-state index in [9.17, 15) is 22.4 Å². The van der Waals surface area contributed by atoms with Crippen molar-refractivity contribution in [3.05, 3.63) is 41.7 Å². The first-order chi connectivity index (χ1) is 11.3. The second-order valence-electron chi connectivity index (χ2n) is 5.54. The fourth-order valence-corrected chi connectivity index (χ4v) is 3.94. The van der Waals surface area contributed by atoms with E-state index in [1.807, 2.05) is 0 Å². The van der Waals surface area contributed by atoms with Crippen LogP contribution in [0.15, 0.2) is 30.3 Å². The van der Waals surface area contributed by atoms with E-state index in [0.717, 1.165) is 6.08 Å². The van der Waals surface area contributed by atoms with Gasteiger partial charge in [-0.3, -0.25) is 4.79 Å². The van der Waals surface area contributed by atoms with Gasteiger partial charge in [-0.15, -0.1) is 0 Å². The molecule has 0 unspecified atom stereocenters. The molecule has 1 aromatic rings. The SMILES string of the molecule is C[C@H](OC(=O)/C=C/c1ccccc1F)C(=O)N[C@@H]1CCS(=O)(=O)C1. The Labute approximate surface area is 139 Å². The van der Waals surface area contributed by atoms with Crippen LogP contribution in [0, 0.1) is 5.82 Å². The number of ether oxygens (including phenoxy) is 1. The summed E-state index contributed by atoms with van der Waals surface area (Å²) >= 11 is 0. The highest BCUT2D eigenvalue weighted by molar-refractivity contribution is 7.91. The Morgan fingerprint density at radius 3 is 2.71 bits per heavy atom. The molecule has 0 aliphatic carbocycles. The Morgan fingerprint density at radius 1 is 1.38 bits per heavy atom.